The van der Waals surface area contributed by atoms with Crippen LogP contribution < -0.4 is 20.7 Å². The van der Waals surface area contributed by atoms with E-state index in [0.29, 0.717) is 12.4 Å². The van der Waals surface area contributed by atoms with Crippen molar-refractivity contribution >= 4 is 23.1 Å². The molecule has 0 fully saturated rings. The van der Waals surface area contributed by atoms with Gasteiger partial charge < -0.3 is 9.30 Å². The molecule has 2 nitrogen and oxygen atoms in total. The Morgan fingerprint density at radius 1 is 0.739 bits per heavy atom. The Balaban J connectivity index is 2.28. The third kappa shape index (κ3) is 2.95. The van der Waals surface area contributed by atoms with Crippen molar-refractivity contribution in [1.82, 2.24) is 0 Å². The maximum Gasteiger partial charge on any atom is 0.174 e. The summed E-state index contributed by atoms with van der Waals surface area (Å²) < 4.78 is 20.0. The summed E-state index contributed by atoms with van der Waals surface area (Å²) in [6.07, 6.45) is 0. The minimum Gasteiger partial charge on any atom is -0.493 e. The molecule has 0 heterocycles. The number of rotatable bonds is 5. The molecule has 0 aromatic heterocycles. The molecule has 0 aliphatic heterocycles. The molecule has 116 valence electrons. The quantitative estimate of drug-likeness (QED) is 0.669. The highest BCUT2D eigenvalue weighted by molar-refractivity contribution is 7.85. The summed E-state index contributed by atoms with van der Waals surface area (Å²) in [5.41, 5.74) is 0. The molecule has 0 aliphatic rings. The van der Waals surface area contributed by atoms with Gasteiger partial charge in [-0.3, -0.25) is 0 Å². The number of hydrogen-bond donors (Lipinski definition) is 0. The lowest BCUT2D eigenvalue weighted by molar-refractivity contribution is 0.343. The second kappa shape index (κ2) is 6.85. The average Bonchev–Trinajstić information content (AvgIpc) is 2.63. The normalized spacial score (nSPS) is 11.2. The van der Waals surface area contributed by atoms with Crippen LogP contribution in [0.1, 0.15) is 6.92 Å². The van der Waals surface area contributed by atoms with E-state index in [1.54, 1.807) is 0 Å². The molecule has 3 rings (SSSR count). The zero-order valence-electron chi connectivity index (χ0n) is 13.1. The minimum atomic E-state index is -2.97. The molecule has 0 spiro atoms. The van der Waals surface area contributed by atoms with E-state index in [1.165, 1.54) is 0 Å². The fourth-order valence-corrected chi connectivity index (χ4v) is 5.48. The molecule has 3 heteroatoms. The smallest absolute Gasteiger partial charge is 0.174 e. The van der Waals surface area contributed by atoms with Crippen LogP contribution in [0.15, 0.2) is 84.9 Å². The summed E-state index contributed by atoms with van der Waals surface area (Å²) in [6.45, 7) is 2.48. The number of para-hydroxylation sites is 1. The fourth-order valence-electron chi connectivity index (χ4n) is 2.70. The van der Waals surface area contributed by atoms with Crippen LogP contribution in [0.3, 0.4) is 0 Å². The summed E-state index contributed by atoms with van der Waals surface area (Å²) in [5, 5.41) is 2.39. The predicted octanol–water partition coefficient (Wildman–Crippen LogP) is 3.72. The van der Waals surface area contributed by atoms with Gasteiger partial charge in [0.1, 0.15) is 5.75 Å². The number of benzene rings is 3. The third-order valence-electron chi connectivity index (χ3n) is 3.74. The zero-order chi connectivity index (χ0) is 16.1. The first kappa shape index (κ1) is 15.6. The van der Waals surface area contributed by atoms with Gasteiger partial charge in [0.25, 0.3) is 0 Å². The molecule has 0 unspecified atom stereocenters. The second-order valence-corrected chi connectivity index (χ2v) is 7.91. The van der Waals surface area contributed by atoms with Gasteiger partial charge in [0.15, 0.2) is 7.14 Å². The molecular weight excluding hydrogens is 303 g/mol. The summed E-state index contributed by atoms with van der Waals surface area (Å²) in [6, 6.07) is 26.9. The lowest BCUT2D eigenvalue weighted by atomic mass is 10.3. The van der Waals surface area contributed by atoms with Crippen LogP contribution in [0, 0.1) is 0 Å². The van der Waals surface area contributed by atoms with Crippen molar-refractivity contribution in [3.05, 3.63) is 84.9 Å². The SMILES string of the molecule is CCOc1ccccc1P(=O)(c1ccccc1)c1ccccc1. The van der Waals surface area contributed by atoms with Crippen LogP contribution in [-0.2, 0) is 4.57 Å². The molecule has 0 radical (unpaired) electrons. The molecule has 3 aromatic rings. The molecule has 0 N–H and O–H groups in total. The monoisotopic (exact) mass is 322 g/mol. The Morgan fingerprint density at radius 2 is 1.22 bits per heavy atom. The molecule has 0 aliphatic carbocycles. The standard InChI is InChI=1S/C20H19O2P/c1-2-22-19-15-9-10-16-20(19)23(21,17-11-5-3-6-12-17)18-13-7-4-8-14-18/h3-16H,2H2,1H3. The summed E-state index contributed by atoms with van der Waals surface area (Å²) >= 11 is 0. The highest BCUT2D eigenvalue weighted by Crippen LogP contribution is 2.44. The molecule has 3 aromatic carbocycles. The molecule has 0 saturated carbocycles. The second-order valence-electron chi connectivity index (χ2n) is 5.18. The van der Waals surface area contributed by atoms with Crippen LogP contribution in [0.25, 0.3) is 0 Å². The lowest BCUT2D eigenvalue weighted by Crippen LogP contribution is -2.26. The Labute approximate surface area is 137 Å². The predicted molar refractivity (Wildman–Crippen MR) is 97.0 cm³/mol. The highest BCUT2D eigenvalue weighted by Gasteiger charge is 2.32. The van der Waals surface area contributed by atoms with Crippen molar-refractivity contribution in [1.29, 1.82) is 0 Å². The van der Waals surface area contributed by atoms with E-state index in [9.17, 15) is 4.57 Å². The van der Waals surface area contributed by atoms with Gasteiger partial charge in [-0.1, -0.05) is 72.8 Å². The van der Waals surface area contributed by atoms with Crippen LogP contribution in [0.5, 0.6) is 5.75 Å². The Hall–Kier alpha value is -2.31. The molecular formula is C20H19O2P. The first-order chi connectivity index (χ1) is 11.3. The van der Waals surface area contributed by atoms with Crippen LogP contribution in [-0.4, -0.2) is 6.61 Å². The summed E-state index contributed by atoms with van der Waals surface area (Å²) in [4.78, 5) is 0. The van der Waals surface area contributed by atoms with Gasteiger partial charge in [-0.05, 0) is 19.1 Å². The topological polar surface area (TPSA) is 26.3 Å². The van der Waals surface area contributed by atoms with Crippen molar-refractivity contribution < 1.29 is 9.30 Å². The lowest BCUT2D eigenvalue weighted by Gasteiger charge is -2.22. The fraction of sp³-hybridized carbons (Fsp3) is 0.100. The number of hydrogen-bond acceptors (Lipinski definition) is 2. The van der Waals surface area contributed by atoms with E-state index >= 15 is 0 Å². The van der Waals surface area contributed by atoms with E-state index in [0.717, 1.165) is 15.9 Å². The van der Waals surface area contributed by atoms with E-state index < -0.39 is 7.14 Å². The molecule has 0 amide bonds. The maximum atomic E-state index is 14.2. The molecule has 0 saturated heterocycles. The molecule has 0 bridgehead atoms. The van der Waals surface area contributed by atoms with Crippen LogP contribution >= 0.6 is 7.14 Å². The summed E-state index contributed by atoms with van der Waals surface area (Å²) in [5.74, 6) is 0.686. The Morgan fingerprint density at radius 3 is 1.74 bits per heavy atom. The van der Waals surface area contributed by atoms with Gasteiger partial charge in [0.2, 0.25) is 0 Å². The average molecular weight is 322 g/mol. The van der Waals surface area contributed by atoms with Gasteiger partial charge in [0.05, 0.1) is 11.9 Å². The van der Waals surface area contributed by atoms with E-state index in [2.05, 4.69) is 0 Å². The van der Waals surface area contributed by atoms with Gasteiger partial charge in [-0.15, -0.1) is 0 Å². The van der Waals surface area contributed by atoms with Crippen molar-refractivity contribution in [3.63, 3.8) is 0 Å². The van der Waals surface area contributed by atoms with E-state index in [1.807, 2.05) is 91.9 Å². The Bertz CT molecular complexity index is 770. The largest absolute Gasteiger partial charge is 0.493 e. The highest BCUT2D eigenvalue weighted by atomic mass is 31.2. The van der Waals surface area contributed by atoms with Crippen LogP contribution in [0.4, 0.5) is 0 Å². The maximum absolute atomic E-state index is 14.2. The molecule has 0 atom stereocenters. The van der Waals surface area contributed by atoms with Gasteiger partial charge in [-0.25, -0.2) is 0 Å². The van der Waals surface area contributed by atoms with Crippen molar-refractivity contribution in [2.24, 2.45) is 0 Å². The van der Waals surface area contributed by atoms with E-state index in [4.69, 9.17) is 4.74 Å². The van der Waals surface area contributed by atoms with Crippen molar-refractivity contribution in [2.45, 2.75) is 6.92 Å². The van der Waals surface area contributed by atoms with E-state index in [-0.39, 0.29) is 0 Å². The van der Waals surface area contributed by atoms with Gasteiger partial charge in [0, 0.05) is 10.6 Å². The van der Waals surface area contributed by atoms with Crippen molar-refractivity contribution in [2.75, 3.05) is 6.61 Å². The molecule has 23 heavy (non-hydrogen) atoms. The Kier molecular flexibility index (Phi) is 4.64. The number of ether oxygens (including phenoxy) is 1. The third-order valence-corrected chi connectivity index (χ3v) is 6.84. The first-order valence-electron chi connectivity index (χ1n) is 7.70. The van der Waals surface area contributed by atoms with Crippen LogP contribution in [0.2, 0.25) is 0 Å². The van der Waals surface area contributed by atoms with Gasteiger partial charge >= 0.3 is 0 Å². The minimum absolute atomic E-state index is 0.542. The van der Waals surface area contributed by atoms with Gasteiger partial charge in [-0.2, -0.15) is 0 Å². The zero-order valence-corrected chi connectivity index (χ0v) is 13.9. The first-order valence-corrected chi connectivity index (χ1v) is 9.41. The summed E-state index contributed by atoms with van der Waals surface area (Å²) in [7, 11) is -2.97. The van der Waals surface area contributed by atoms with Crippen molar-refractivity contribution in [3.8, 4) is 5.75 Å².